The molecule has 1 fully saturated rings. The summed E-state index contributed by atoms with van der Waals surface area (Å²) in [7, 11) is 1.73. The average molecular weight is 282 g/mol. The largest absolute Gasteiger partial charge is 0.496 e. The van der Waals surface area contributed by atoms with Gasteiger partial charge in [-0.2, -0.15) is 0 Å². The highest BCUT2D eigenvalue weighted by molar-refractivity contribution is 6.30. The summed E-state index contributed by atoms with van der Waals surface area (Å²) in [6, 6.07) is 5.92. The molecule has 0 amide bonds. The molecule has 0 bridgehead atoms. The number of hydrogen-bond donors (Lipinski definition) is 1. The zero-order valence-electron chi connectivity index (χ0n) is 11.9. The molecule has 1 aromatic carbocycles. The van der Waals surface area contributed by atoms with Crippen molar-refractivity contribution >= 4 is 11.6 Å². The number of nitrogens with one attached hydrogen (secondary N) is 1. The van der Waals surface area contributed by atoms with Crippen molar-refractivity contribution in [3.05, 3.63) is 28.8 Å². The summed E-state index contributed by atoms with van der Waals surface area (Å²) in [5.74, 6) is 2.56. The predicted molar refractivity (Wildman–Crippen MR) is 81.1 cm³/mol. The summed E-state index contributed by atoms with van der Waals surface area (Å²) in [5, 5.41) is 4.34. The van der Waals surface area contributed by atoms with Crippen LogP contribution in [0, 0.1) is 11.8 Å². The summed E-state index contributed by atoms with van der Waals surface area (Å²) >= 11 is 6.09. The van der Waals surface area contributed by atoms with Crippen molar-refractivity contribution in [2.75, 3.05) is 20.2 Å². The summed E-state index contributed by atoms with van der Waals surface area (Å²) in [4.78, 5) is 0. The van der Waals surface area contributed by atoms with E-state index in [2.05, 4.69) is 18.3 Å². The lowest BCUT2D eigenvalue weighted by Crippen LogP contribution is -2.36. The molecule has 0 radical (unpaired) electrons. The third-order valence-corrected chi connectivity index (χ3v) is 4.37. The molecular formula is C16H24ClNO. The normalized spacial score (nSPS) is 22.1. The van der Waals surface area contributed by atoms with Crippen LogP contribution in [-0.2, 0) is 6.42 Å². The van der Waals surface area contributed by atoms with Crippen LogP contribution >= 0.6 is 11.6 Å². The zero-order valence-corrected chi connectivity index (χ0v) is 12.7. The average Bonchev–Trinajstić information content (AvgIpc) is 2.40. The molecule has 0 spiro atoms. The van der Waals surface area contributed by atoms with E-state index in [4.69, 9.17) is 16.3 Å². The Morgan fingerprint density at radius 2 is 2.11 bits per heavy atom. The van der Waals surface area contributed by atoms with Gasteiger partial charge in [0.25, 0.3) is 0 Å². The van der Waals surface area contributed by atoms with E-state index in [1.54, 1.807) is 7.11 Å². The Morgan fingerprint density at radius 1 is 1.32 bits per heavy atom. The van der Waals surface area contributed by atoms with Crippen LogP contribution in [0.2, 0.25) is 5.02 Å². The lowest BCUT2D eigenvalue weighted by Gasteiger charge is -2.37. The van der Waals surface area contributed by atoms with Gasteiger partial charge >= 0.3 is 0 Å². The van der Waals surface area contributed by atoms with Crippen LogP contribution < -0.4 is 10.1 Å². The number of benzene rings is 1. The second-order valence-corrected chi connectivity index (χ2v) is 5.90. The smallest absolute Gasteiger partial charge is 0.122 e. The topological polar surface area (TPSA) is 21.3 Å². The highest BCUT2D eigenvalue weighted by atomic mass is 35.5. The van der Waals surface area contributed by atoms with E-state index in [1.807, 2.05) is 12.1 Å². The van der Waals surface area contributed by atoms with Crippen LogP contribution in [0.4, 0.5) is 0 Å². The van der Waals surface area contributed by atoms with Gasteiger partial charge in [0.15, 0.2) is 0 Å². The lowest BCUT2D eigenvalue weighted by molar-refractivity contribution is 0.170. The fourth-order valence-electron chi connectivity index (χ4n) is 2.83. The van der Waals surface area contributed by atoms with Crippen molar-refractivity contribution in [1.82, 2.24) is 5.32 Å². The van der Waals surface area contributed by atoms with Crippen LogP contribution in [0.1, 0.15) is 31.7 Å². The summed E-state index contributed by atoms with van der Waals surface area (Å²) in [6.07, 6.45) is 4.97. The third kappa shape index (κ3) is 3.87. The van der Waals surface area contributed by atoms with Gasteiger partial charge in [0.1, 0.15) is 5.75 Å². The number of methoxy groups -OCH3 is 1. The van der Waals surface area contributed by atoms with Crippen molar-refractivity contribution in [2.45, 2.75) is 32.6 Å². The number of rotatable bonds is 7. The molecule has 2 atom stereocenters. The van der Waals surface area contributed by atoms with Crippen LogP contribution in [0.3, 0.4) is 0 Å². The molecule has 106 valence electrons. The molecule has 2 rings (SSSR count). The molecular weight excluding hydrogens is 258 g/mol. The minimum absolute atomic E-state index is 0.775. The van der Waals surface area contributed by atoms with Crippen LogP contribution in [0.25, 0.3) is 0 Å². The van der Waals surface area contributed by atoms with Gasteiger partial charge in [0.05, 0.1) is 7.11 Å². The van der Waals surface area contributed by atoms with E-state index in [0.29, 0.717) is 0 Å². The van der Waals surface area contributed by atoms with Crippen LogP contribution in [-0.4, -0.2) is 20.2 Å². The SMILES string of the molecule is CCCNCC1CCC1Cc1cc(Cl)ccc1OC. The van der Waals surface area contributed by atoms with Gasteiger partial charge in [-0.05, 0) is 74.4 Å². The van der Waals surface area contributed by atoms with Gasteiger partial charge in [0, 0.05) is 5.02 Å². The fourth-order valence-corrected chi connectivity index (χ4v) is 3.02. The monoisotopic (exact) mass is 281 g/mol. The Bertz CT molecular complexity index is 408. The van der Waals surface area contributed by atoms with Gasteiger partial charge in [0.2, 0.25) is 0 Å². The maximum Gasteiger partial charge on any atom is 0.122 e. The van der Waals surface area contributed by atoms with Crippen molar-refractivity contribution in [1.29, 1.82) is 0 Å². The quantitative estimate of drug-likeness (QED) is 0.765. The Labute approximate surface area is 121 Å². The third-order valence-electron chi connectivity index (χ3n) is 4.13. The van der Waals surface area contributed by atoms with E-state index < -0.39 is 0 Å². The zero-order chi connectivity index (χ0) is 13.7. The second-order valence-electron chi connectivity index (χ2n) is 5.46. The Balaban J connectivity index is 1.92. The molecule has 3 heteroatoms. The van der Waals surface area contributed by atoms with Gasteiger partial charge in [-0.15, -0.1) is 0 Å². The lowest BCUT2D eigenvalue weighted by atomic mass is 9.70. The molecule has 1 aliphatic carbocycles. The Kier molecular flexibility index (Phi) is 5.53. The molecule has 0 saturated heterocycles. The first kappa shape index (κ1) is 14.7. The summed E-state index contributed by atoms with van der Waals surface area (Å²) in [5.41, 5.74) is 1.25. The van der Waals surface area contributed by atoms with Crippen LogP contribution in [0.5, 0.6) is 5.75 Å². The van der Waals surface area contributed by atoms with E-state index in [-0.39, 0.29) is 0 Å². The predicted octanol–water partition coefficient (Wildman–Crippen LogP) is 3.92. The highest BCUT2D eigenvalue weighted by Crippen LogP contribution is 2.38. The first-order valence-corrected chi connectivity index (χ1v) is 7.65. The first-order valence-electron chi connectivity index (χ1n) is 7.27. The van der Waals surface area contributed by atoms with Gasteiger partial charge < -0.3 is 10.1 Å². The van der Waals surface area contributed by atoms with E-state index in [0.717, 1.165) is 42.1 Å². The second kappa shape index (κ2) is 7.16. The summed E-state index contributed by atoms with van der Waals surface area (Å²) in [6.45, 7) is 4.49. The van der Waals surface area contributed by atoms with Gasteiger partial charge in [-0.3, -0.25) is 0 Å². The summed E-state index contributed by atoms with van der Waals surface area (Å²) < 4.78 is 5.43. The van der Waals surface area contributed by atoms with Crippen molar-refractivity contribution in [3.63, 3.8) is 0 Å². The van der Waals surface area contributed by atoms with E-state index in [1.165, 1.54) is 24.8 Å². The standard InChI is InChI=1S/C16H24ClNO/c1-3-8-18-11-13-5-4-12(13)9-14-10-15(17)6-7-16(14)19-2/h6-7,10,12-13,18H,3-5,8-9,11H2,1-2H3. The van der Waals surface area contributed by atoms with Crippen molar-refractivity contribution < 1.29 is 4.74 Å². The molecule has 1 aliphatic rings. The molecule has 0 aliphatic heterocycles. The number of ether oxygens (including phenoxy) is 1. The van der Waals surface area contributed by atoms with E-state index >= 15 is 0 Å². The van der Waals surface area contributed by atoms with Gasteiger partial charge in [-0.1, -0.05) is 18.5 Å². The fraction of sp³-hybridized carbons (Fsp3) is 0.625. The number of hydrogen-bond acceptors (Lipinski definition) is 2. The molecule has 0 aromatic heterocycles. The maximum atomic E-state index is 6.09. The van der Waals surface area contributed by atoms with Crippen molar-refractivity contribution in [2.24, 2.45) is 11.8 Å². The maximum absolute atomic E-state index is 6.09. The van der Waals surface area contributed by atoms with E-state index in [9.17, 15) is 0 Å². The molecule has 1 saturated carbocycles. The van der Waals surface area contributed by atoms with Crippen LogP contribution in [0.15, 0.2) is 18.2 Å². The molecule has 2 unspecified atom stereocenters. The Hall–Kier alpha value is -0.730. The Morgan fingerprint density at radius 3 is 2.74 bits per heavy atom. The highest BCUT2D eigenvalue weighted by Gasteiger charge is 2.30. The number of halogens is 1. The molecule has 19 heavy (non-hydrogen) atoms. The van der Waals surface area contributed by atoms with Crippen molar-refractivity contribution in [3.8, 4) is 5.75 Å². The molecule has 0 heterocycles. The minimum atomic E-state index is 0.775. The molecule has 1 aromatic rings. The minimum Gasteiger partial charge on any atom is -0.496 e. The first-order chi connectivity index (χ1) is 9.24. The molecule has 1 N–H and O–H groups in total. The van der Waals surface area contributed by atoms with Gasteiger partial charge in [-0.25, -0.2) is 0 Å². The molecule has 2 nitrogen and oxygen atoms in total.